The van der Waals surface area contributed by atoms with Gasteiger partial charge in [-0.05, 0) is 54.1 Å². The van der Waals surface area contributed by atoms with Crippen molar-refractivity contribution < 1.29 is 4.79 Å². The van der Waals surface area contributed by atoms with E-state index in [9.17, 15) is 4.79 Å². The number of rotatable bonds is 6. The molecule has 1 N–H and O–H groups in total. The van der Waals surface area contributed by atoms with Crippen LogP contribution in [0.4, 0.5) is 17.1 Å². The number of nitrogens with zero attached hydrogens (tertiary/aromatic N) is 3. The number of nitrogens with one attached hydrogen (secondary N) is 1. The molecule has 0 unspecified atom stereocenters. The van der Waals surface area contributed by atoms with Crippen molar-refractivity contribution in [2.24, 2.45) is 5.10 Å². The van der Waals surface area contributed by atoms with Gasteiger partial charge < -0.3 is 4.90 Å². The Morgan fingerprint density at radius 1 is 0.733 bits per heavy atom. The van der Waals surface area contributed by atoms with Crippen LogP contribution < -0.4 is 10.3 Å². The van der Waals surface area contributed by atoms with Crippen molar-refractivity contribution in [2.75, 3.05) is 4.90 Å². The first-order chi connectivity index (χ1) is 14.8. The second-order valence-electron chi connectivity index (χ2n) is 6.53. The molecule has 0 saturated heterocycles. The van der Waals surface area contributed by atoms with E-state index in [2.05, 4.69) is 44.7 Å². The maximum Gasteiger partial charge on any atom is 0.271 e. The number of hydrogen-bond acceptors (Lipinski definition) is 4. The molecule has 1 amide bonds. The molecule has 0 bridgehead atoms. The third-order valence-corrected chi connectivity index (χ3v) is 4.50. The predicted octanol–water partition coefficient (Wildman–Crippen LogP) is 5.32. The molecular weight excluding hydrogens is 372 g/mol. The first-order valence-corrected chi connectivity index (χ1v) is 9.55. The molecular formula is C25H20N4O. The fourth-order valence-corrected chi connectivity index (χ4v) is 3.04. The van der Waals surface area contributed by atoms with Gasteiger partial charge in [-0.3, -0.25) is 9.78 Å². The van der Waals surface area contributed by atoms with Crippen molar-refractivity contribution in [1.82, 2.24) is 10.4 Å². The van der Waals surface area contributed by atoms with Crippen molar-refractivity contribution in [1.29, 1.82) is 0 Å². The molecule has 0 aliphatic carbocycles. The summed E-state index contributed by atoms with van der Waals surface area (Å²) >= 11 is 0. The highest BCUT2D eigenvalue weighted by Gasteiger charge is 2.11. The van der Waals surface area contributed by atoms with Crippen LogP contribution in [0.15, 0.2) is 115 Å². The number of carbonyl (C=O) groups excluding carboxylic acids is 1. The van der Waals surface area contributed by atoms with E-state index in [1.54, 1.807) is 30.7 Å². The summed E-state index contributed by atoms with van der Waals surface area (Å²) in [5, 5.41) is 4.05. The van der Waals surface area contributed by atoms with E-state index in [0.29, 0.717) is 5.56 Å². The van der Waals surface area contributed by atoms with Crippen molar-refractivity contribution >= 4 is 29.2 Å². The van der Waals surface area contributed by atoms with Gasteiger partial charge in [0.05, 0.1) is 6.21 Å². The minimum absolute atomic E-state index is 0.274. The number of carbonyl (C=O) groups is 1. The summed E-state index contributed by atoms with van der Waals surface area (Å²) in [4.78, 5) is 18.1. The van der Waals surface area contributed by atoms with Gasteiger partial charge >= 0.3 is 0 Å². The average Bonchev–Trinajstić information content (AvgIpc) is 2.82. The molecule has 0 fully saturated rings. The Labute approximate surface area is 175 Å². The van der Waals surface area contributed by atoms with E-state index in [-0.39, 0.29) is 5.91 Å². The standard InChI is InChI=1S/C25H20N4O/c30-25(21-15-17-26-18-16-21)28-27-19-20-11-13-24(14-12-20)29(22-7-3-1-4-8-22)23-9-5-2-6-10-23/h1-19H,(H,28,30)/b27-19-. The van der Waals surface area contributed by atoms with Crippen LogP contribution in [0.1, 0.15) is 15.9 Å². The molecule has 1 aromatic heterocycles. The summed E-state index contributed by atoms with van der Waals surface area (Å²) in [6.45, 7) is 0. The molecule has 4 aromatic rings. The van der Waals surface area contributed by atoms with Crippen molar-refractivity contribution in [2.45, 2.75) is 0 Å². The molecule has 0 saturated carbocycles. The lowest BCUT2D eigenvalue weighted by Gasteiger charge is -2.25. The third kappa shape index (κ3) is 4.59. The predicted molar refractivity (Wildman–Crippen MR) is 120 cm³/mol. The first-order valence-electron chi connectivity index (χ1n) is 9.55. The minimum atomic E-state index is -0.274. The highest BCUT2D eigenvalue weighted by molar-refractivity contribution is 5.94. The second kappa shape index (κ2) is 9.30. The Morgan fingerprint density at radius 3 is 1.83 bits per heavy atom. The first kappa shape index (κ1) is 19.1. The maximum atomic E-state index is 12.0. The largest absolute Gasteiger partial charge is 0.311 e. The Bertz CT molecular complexity index is 1070. The highest BCUT2D eigenvalue weighted by Crippen LogP contribution is 2.33. The number of para-hydroxylation sites is 2. The van der Waals surface area contributed by atoms with Crippen LogP contribution >= 0.6 is 0 Å². The zero-order valence-corrected chi connectivity index (χ0v) is 16.2. The van der Waals surface area contributed by atoms with Gasteiger partial charge in [0.1, 0.15) is 0 Å². The van der Waals surface area contributed by atoms with Gasteiger partial charge in [0.15, 0.2) is 0 Å². The normalized spacial score (nSPS) is 10.7. The molecule has 30 heavy (non-hydrogen) atoms. The molecule has 4 rings (SSSR count). The number of benzene rings is 3. The molecule has 146 valence electrons. The third-order valence-electron chi connectivity index (χ3n) is 4.50. The topological polar surface area (TPSA) is 57.6 Å². The summed E-state index contributed by atoms with van der Waals surface area (Å²) in [5.41, 5.74) is 7.12. The maximum absolute atomic E-state index is 12.0. The number of hydrogen-bond donors (Lipinski definition) is 1. The molecule has 5 heteroatoms. The Balaban J connectivity index is 1.52. The van der Waals surface area contributed by atoms with Gasteiger partial charge in [-0.25, -0.2) is 5.43 Å². The fourth-order valence-electron chi connectivity index (χ4n) is 3.04. The van der Waals surface area contributed by atoms with Gasteiger partial charge in [-0.1, -0.05) is 48.5 Å². The van der Waals surface area contributed by atoms with Gasteiger partial charge in [0.25, 0.3) is 5.91 Å². The van der Waals surface area contributed by atoms with E-state index >= 15 is 0 Å². The SMILES string of the molecule is O=C(N/N=C\c1ccc(N(c2ccccc2)c2ccccc2)cc1)c1ccncc1. The van der Waals surface area contributed by atoms with Crippen molar-refractivity contribution in [3.8, 4) is 0 Å². The summed E-state index contributed by atoms with van der Waals surface area (Å²) in [6.07, 6.45) is 4.77. The van der Waals surface area contributed by atoms with E-state index in [4.69, 9.17) is 0 Å². The van der Waals surface area contributed by atoms with Crippen LogP contribution in [0.5, 0.6) is 0 Å². The van der Waals surface area contributed by atoms with E-state index in [1.807, 2.05) is 60.7 Å². The highest BCUT2D eigenvalue weighted by atomic mass is 16.2. The summed E-state index contributed by atoms with van der Waals surface area (Å²) in [6, 6.07) is 31.7. The van der Waals surface area contributed by atoms with Gasteiger partial charge in [0, 0.05) is 35.0 Å². The smallest absolute Gasteiger partial charge is 0.271 e. The lowest BCUT2D eigenvalue weighted by atomic mass is 10.1. The molecule has 0 aliphatic heterocycles. The lowest BCUT2D eigenvalue weighted by molar-refractivity contribution is 0.0955. The van der Waals surface area contributed by atoms with Crippen molar-refractivity contribution in [3.63, 3.8) is 0 Å². The van der Waals surface area contributed by atoms with Gasteiger partial charge in [0.2, 0.25) is 0 Å². The van der Waals surface area contributed by atoms with Gasteiger partial charge in [-0.2, -0.15) is 5.10 Å². The monoisotopic (exact) mass is 392 g/mol. The van der Waals surface area contributed by atoms with Crippen LogP contribution in [0, 0.1) is 0 Å². The molecule has 0 atom stereocenters. The molecule has 0 spiro atoms. The van der Waals surface area contributed by atoms with E-state index < -0.39 is 0 Å². The molecule has 1 heterocycles. The second-order valence-corrected chi connectivity index (χ2v) is 6.53. The van der Waals surface area contributed by atoms with Crippen LogP contribution in [-0.4, -0.2) is 17.1 Å². The summed E-state index contributed by atoms with van der Waals surface area (Å²) < 4.78 is 0. The summed E-state index contributed by atoms with van der Waals surface area (Å²) in [7, 11) is 0. The van der Waals surface area contributed by atoms with Crippen LogP contribution in [-0.2, 0) is 0 Å². The Morgan fingerprint density at radius 2 is 1.27 bits per heavy atom. The molecule has 5 nitrogen and oxygen atoms in total. The van der Waals surface area contributed by atoms with E-state index in [1.165, 1.54) is 0 Å². The van der Waals surface area contributed by atoms with Gasteiger partial charge in [-0.15, -0.1) is 0 Å². The van der Waals surface area contributed by atoms with E-state index in [0.717, 1.165) is 22.6 Å². The lowest BCUT2D eigenvalue weighted by Crippen LogP contribution is -2.17. The average molecular weight is 392 g/mol. The number of amides is 1. The summed E-state index contributed by atoms with van der Waals surface area (Å²) in [5.74, 6) is -0.274. The zero-order valence-electron chi connectivity index (χ0n) is 16.2. The van der Waals surface area contributed by atoms with Crippen LogP contribution in [0.25, 0.3) is 0 Å². The molecule has 0 aliphatic rings. The Kier molecular flexibility index (Phi) is 5.91. The quantitative estimate of drug-likeness (QED) is 0.357. The number of aromatic nitrogens is 1. The number of anilines is 3. The van der Waals surface area contributed by atoms with Crippen molar-refractivity contribution in [3.05, 3.63) is 121 Å². The number of pyridine rings is 1. The zero-order chi connectivity index (χ0) is 20.6. The number of hydrazone groups is 1. The van der Waals surface area contributed by atoms with Crippen LogP contribution in [0.2, 0.25) is 0 Å². The fraction of sp³-hybridized carbons (Fsp3) is 0. The Hall–Kier alpha value is -4.25. The molecule has 3 aromatic carbocycles. The molecule has 0 radical (unpaired) electrons. The minimum Gasteiger partial charge on any atom is -0.311 e. The van der Waals surface area contributed by atoms with Crippen LogP contribution in [0.3, 0.4) is 0 Å².